The van der Waals surface area contributed by atoms with Crippen LogP contribution < -0.4 is 5.32 Å². The molecule has 0 radical (unpaired) electrons. The van der Waals surface area contributed by atoms with Gasteiger partial charge in [0, 0.05) is 18.2 Å². The van der Waals surface area contributed by atoms with Gasteiger partial charge in [-0.25, -0.2) is 4.98 Å². The van der Waals surface area contributed by atoms with Gasteiger partial charge in [0.2, 0.25) is 0 Å². The molecule has 0 spiro atoms. The zero-order valence-corrected chi connectivity index (χ0v) is 8.44. The number of likely N-dealkylation sites (N-methyl/N-ethyl adjacent to an activating group) is 1. The minimum atomic E-state index is 0.279. The van der Waals surface area contributed by atoms with Gasteiger partial charge in [0.1, 0.15) is 0 Å². The molecule has 1 aromatic rings. The Bertz CT molecular complexity index is 237. The van der Waals surface area contributed by atoms with Crippen LogP contribution in [0.25, 0.3) is 0 Å². The van der Waals surface area contributed by atoms with Gasteiger partial charge in [0.25, 0.3) is 0 Å². The third-order valence-electron chi connectivity index (χ3n) is 1.66. The molecule has 0 saturated heterocycles. The maximum atomic E-state index is 5.07. The summed E-state index contributed by atoms with van der Waals surface area (Å²) in [6.45, 7) is 2.70. The molecule has 1 heterocycles. The SMILES string of the molecule is CNC(COC)c1cnc(C)s1. The normalized spacial score (nSPS) is 13.2. The van der Waals surface area contributed by atoms with Crippen molar-refractivity contribution in [1.82, 2.24) is 10.3 Å². The summed E-state index contributed by atoms with van der Waals surface area (Å²) in [5.41, 5.74) is 0. The second-order valence-electron chi connectivity index (χ2n) is 2.58. The van der Waals surface area contributed by atoms with E-state index in [1.54, 1.807) is 18.4 Å². The van der Waals surface area contributed by atoms with Crippen LogP contribution in [0.2, 0.25) is 0 Å². The highest BCUT2D eigenvalue weighted by Gasteiger charge is 2.10. The molecule has 3 nitrogen and oxygen atoms in total. The van der Waals surface area contributed by atoms with Gasteiger partial charge >= 0.3 is 0 Å². The van der Waals surface area contributed by atoms with E-state index in [-0.39, 0.29) is 6.04 Å². The van der Waals surface area contributed by atoms with Gasteiger partial charge in [0.15, 0.2) is 0 Å². The first-order valence-electron chi connectivity index (χ1n) is 3.86. The molecular formula is C8H14N2OS. The van der Waals surface area contributed by atoms with Gasteiger partial charge in [-0.2, -0.15) is 0 Å². The summed E-state index contributed by atoms with van der Waals surface area (Å²) in [7, 11) is 3.64. The van der Waals surface area contributed by atoms with Crippen LogP contribution in [0.5, 0.6) is 0 Å². The summed E-state index contributed by atoms with van der Waals surface area (Å²) < 4.78 is 5.07. The molecule has 0 bridgehead atoms. The lowest BCUT2D eigenvalue weighted by Crippen LogP contribution is -2.19. The van der Waals surface area contributed by atoms with E-state index in [9.17, 15) is 0 Å². The maximum Gasteiger partial charge on any atom is 0.0897 e. The number of nitrogens with zero attached hydrogens (tertiary/aromatic N) is 1. The molecule has 0 saturated carbocycles. The molecule has 0 aliphatic heterocycles. The molecule has 0 fully saturated rings. The average molecular weight is 186 g/mol. The lowest BCUT2D eigenvalue weighted by atomic mass is 10.3. The van der Waals surface area contributed by atoms with Crippen LogP contribution in [0.3, 0.4) is 0 Å². The largest absolute Gasteiger partial charge is 0.383 e. The molecule has 0 aliphatic carbocycles. The van der Waals surface area contributed by atoms with E-state index >= 15 is 0 Å². The van der Waals surface area contributed by atoms with Crippen molar-refractivity contribution in [3.8, 4) is 0 Å². The fourth-order valence-corrected chi connectivity index (χ4v) is 1.89. The summed E-state index contributed by atoms with van der Waals surface area (Å²) >= 11 is 1.71. The second-order valence-corrected chi connectivity index (χ2v) is 3.84. The quantitative estimate of drug-likeness (QED) is 0.771. The number of aromatic nitrogens is 1. The summed E-state index contributed by atoms with van der Waals surface area (Å²) in [5.74, 6) is 0. The van der Waals surface area contributed by atoms with Crippen molar-refractivity contribution in [2.75, 3.05) is 20.8 Å². The average Bonchev–Trinajstić information content (AvgIpc) is 2.47. The Morgan fingerprint density at radius 1 is 1.75 bits per heavy atom. The standard InChI is InChI=1S/C8H14N2OS/c1-6-10-4-8(12-6)7(9-2)5-11-3/h4,7,9H,5H2,1-3H3. The number of hydrogen-bond donors (Lipinski definition) is 1. The lowest BCUT2D eigenvalue weighted by Gasteiger charge is -2.11. The molecule has 1 aromatic heterocycles. The lowest BCUT2D eigenvalue weighted by molar-refractivity contribution is 0.171. The predicted octanol–water partition coefficient (Wildman–Crippen LogP) is 1.36. The molecule has 1 rings (SSSR count). The van der Waals surface area contributed by atoms with Crippen LogP contribution in [-0.4, -0.2) is 25.7 Å². The summed E-state index contributed by atoms with van der Waals surface area (Å²) in [6, 6.07) is 0.279. The van der Waals surface area contributed by atoms with Gasteiger partial charge in [-0.1, -0.05) is 0 Å². The van der Waals surface area contributed by atoms with E-state index in [2.05, 4.69) is 10.3 Å². The first-order valence-corrected chi connectivity index (χ1v) is 4.68. The van der Waals surface area contributed by atoms with Crippen molar-refractivity contribution in [2.24, 2.45) is 0 Å². The minimum absolute atomic E-state index is 0.279. The second kappa shape index (κ2) is 4.54. The first kappa shape index (κ1) is 9.64. The molecule has 0 amide bonds. The third-order valence-corrected chi connectivity index (χ3v) is 2.69. The molecule has 1 N–H and O–H groups in total. The molecular weight excluding hydrogens is 172 g/mol. The van der Waals surface area contributed by atoms with Crippen molar-refractivity contribution in [1.29, 1.82) is 0 Å². The van der Waals surface area contributed by atoms with Crippen LogP contribution >= 0.6 is 11.3 Å². The van der Waals surface area contributed by atoms with Gasteiger partial charge in [-0.05, 0) is 14.0 Å². The molecule has 1 atom stereocenters. The minimum Gasteiger partial charge on any atom is -0.383 e. The van der Waals surface area contributed by atoms with Gasteiger partial charge in [-0.3, -0.25) is 0 Å². The maximum absolute atomic E-state index is 5.07. The smallest absolute Gasteiger partial charge is 0.0897 e. The number of thiazole rings is 1. The predicted molar refractivity (Wildman–Crippen MR) is 50.5 cm³/mol. The fraction of sp³-hybridized carbons (Fsp3) is 0.625. The molecule has 0 aromatic carbocycles. The topological polar surface area (TPSA) is 34.1 Å². The highest BCUT2D eigenvalue weighted by atomic mass is 32.1. The van der Waals surface area contributed by atoms with Crippen molar-refractivity contribution in [3.63, 3.8) is 0 Å². The van der Waals surface area contributed by atoms with E-state index in [0.717, 1.165) is 5.01 Å². The van der Waals surface area contributed by atoms with Crippen molar-refractivity contribution < 1.29 is 4.74 Å². The van der Waals surface area contributed by atoms with Crippen molar-refractivity contribution in [3.05, 3.63) is 16.1 Å². The Morgan fingerprint density at radius 3 is 2.92 bits per heavy atom. The Labute approximate surface area is 76.8 Å². The van der Waals surface area contributed by atoms with Crippen LogP contribution in [-0.2, 0) is 4.74 Å². The summed E-state index contributed by atoms with van der Waals surface area (Å²) in [4.78, 5) is 5.42. The summed E-state index contributed by atoms with van der Waals surface area (Å²) in [5, 5.41) is 4.28. The molecule has 1 unspecified atom stereocenters. The van der Waals surface area contributed by atoms with Crippen LogP contribution in [0, 0.1) is 6.92 Å². The third kappa shape index (κ3) is 2.27. The first-order chi connectivity index (χ1) is 5.77. The number of aryl methyl sites for hydroxylation is 1. The zero-order valence-electron chi connectivity index (χ0n) is 7.63. The van der Waals surface area contributed by atoms with Gasteiger partial charge in [-0.15, -0.1) is 11.3 Å². The molecule has 4 heteroatoms. The van der Waals surface area contributed by atoms with Gasteiger partial charge in [0.05, 0.1) is 17.7 Å². The molecule has 12 heavy (non-hydrogen) atoms. The number of rotatable bonds is 4. The number of nitrogens with one attached hydrogen (secondary N) is 1. The van der Waals surface area contributed by atoms with E-state index < -0.39 is 0 Å². The highest BCUT2D eigenvalue weighted by molar-refractivity contribution is 7.11. The number of hydrogen-bond acceptors (Lipinski definition) is 4. The van der Waals surface area contributed by atoms with Gasteiger partial charge < -0.3 is 10.1 Å². The highest BCUT2D eigenvalue weighted by Crippen LogP contribution is 2.19. The van der Waals surface area contributed by atoms with Crippen LogP contribution in [0.15, 0.2) is 6.20 Å². The monoisotopic (exact) mass is 186 g/mol. The molecule has 68 valence electrons. The van der Waals surface area contributed by atoms with E-state index in [0.29, 0.717) is 6.61 Å². The van der Waals surface area contributed by atoms with Crippen molar-refractivity contribution in [2.45, 2.75) is 13.0 Å². The van der Waals surface area contributed by atoms with Crippen LogP contribution in [0.1, 0.15) is 15.9 Å². The van der Waals surface area contributed by atoms with E-state index in [1.807, 2.05) is 20.2 Å². The Balaban J connectivity index is 2.66. The summed E-state index contributed by atoms with van der Waals surface area (Å²) in [6.07, 6.45) is 1.90. The Morgan fingerprint density at radius 2 is 2.50 bits per heavy atom. The number of ether oxygens (including phenoxy) is 1. The Kier molecular flexibility index (Phi) is 3.65. The molecule has 0 aliphatic rings. The van der Waals surface area contributed by atoms with E-state index in [4.69, 9.17) is 4.74 Å². The van der Waals surface area contributed by atoms with Crippen molar-refractivity contribution >= 4 is 11.3 Å². The Hall–Kier alpha value is -0.450. The zero-order chi connectivity index (χ0) is 8.97. The van der Waals surface area contributed by atoms with E-state index in [1.165, 1.54) is 4.88 Å². The fourth-order valence-electron chi connectivity index (χ4n) is 1.01. The number of methoxy groups -OCH3 is 1. The van der Waals surface area contributed by atoms with Crippen LogP contribution in [0.4, 0.5) is 0 Å².